The molecule has 0 amide bonds. The van der Waals surface area contributed by atoms with Gasteiger partial charge in [0.05, 0.1) is 19.1 Å². The molecule has 1 aromatic carbocycles. The van der Waals surface area contributed by atoms with Crippen LogP contribution in [0, 0.1) is 11.3 Å². The normalized spacial score (nSPS) is 10.1. The Morgan fingerprint density at radius 1 is 1.59 bits per heavy atom. The van der Waals surface area contributed by atoms with E-state index in [9.17, 15) is 13.6 Å². The quantitative estimate of drug-likeness (QED) is 0.807. The van der Waals surface area contributed by atoms with Crippen LogP contribution in [0.15, 0.2) is 16.6 Å². The summed E-state index contributed by atoms with van der Waals surface area (Å²) < 4.78 is 29.9. The SMILES string of the molecule is COC(=O)Cc1cc(C#N)c(Br)c(C(F)F)c1. The zero-order valence-corrected chi connectivity index (χ0v) is 10.4. The summed E-state index contributed by atoms with van der Waals surface area (Å²) in [6.45, 7) is 0. The van der Waals surface area contributed by atoms with E-state index in [0.29, 0.717) is 5.56 Å². The molecule has 0 heterocycles. The minimum atomic E-state index is -2.71. The van der Waals surface area contributed by atoms with Gasteiger partial charge in [-0.2, -0.15) is 5.26 Å². The van der Waals surface area contributed by atoms with E-state index in [0.717, 1.165) is 0 Å². The van der Waals surface area contributed by atoms with Crippen molar-refractivity contribution in [1.29, 1.82) is 5.26 Å². The molecule has 0 aliphatic carbocycles. The third-order valence-electron chi connectivity index (χ3n) is 2.09. The number of alkyl halides is 2. The molecule has 0 aromatic heterocycles. The number of hydrogen-bond acceptors (Lipinski definition) is 3. The van der Waals surface area contributed by atoms with Crippen LogP contribution < -0.4 is 0 Å². The number of carbonyl (C=O) groups is 1. The molecule has 0 saturated carbocycles. The summed E-state index contributed by atoms with van der Waals surface area (Å²) in [6.07, 6.45) is -2.85. The highest BCUT2D eigenvalue weighted by atomic mass is 79.9. The first-order valence-corrected chi connectivity index (χ1v) is 5.36. The van der Waals surface area contributed by atoms with Gasteiger partial charge in [-0.1, -0.05) is 0 Å². The second-order valence-electron chi connectivity index (χ2n) is 3.21. The van der Waals surface area contributed by atoms with Gasteiger partial charge in [0.15, 0.2) is 0 Å². The Morgan fingerprint density at radius 3 is 2.71 bits per heavy atom. The molecule has 6 heteroatoms. The van der Waals surface area contributed by atoms with Crippen molar-refractivity contribution in [2.45, 2.75) is 12.8 Å². The molecule has 0 N–H and O–H groups in total. The van der Waals surface area contributed by atoms with Gasteiger partial charge in [0, 0.05) is 10.0 Å². The third-order valence-corrected chi connectivity index (χ3v) is 2.98. The molecule has 0 saturated heterocycles. The zero-order valence-electron chi connectivity index (χ0n) is 8.84. The van der Waals surface area contributed by atoms with E-state index in [1.807, 2.05) is 0 Å². The fourth-order valence-corrected chi connectivity index (χ4v) is 1.78. The fourth-order valence-electron chi connectivity index (χ4n) is 1.29. The highest BCUT2D eigenvalue weighted by Crippen LogP contribution is 2.31. The van der Waals surface area contributed by atoms with Gasteiger partial charge in [-0.05, 0) is 33.6 Å². The summed E-state index contributed by atoms with van der Waals surface area (Å²) in [4.78, 5) is 11.0. The number of halogens is 3. The summed E-state index contributed by atoms with van der Waals surface area (Å²) in [5.41, 5.74) is 0.0940. The van der Waals surface area contributed by atoms with Crippen LogP contribution in [0.3, 0.4) is 0 Å². The molecule has 0 radical (unpaired) electrons. The molecule has 0 bridgehead atoms. The first-order chi connectivity index (χ1) is 7.99. The maximum absolute atomic E-state index is 12.7. The van der Waals surface area contributed by atoms with Crippen LogP contribution in [0.2, 0.25) is 0 Å². The van der Waals surface area contributed by atoms with E-state index in [2.05, 4.69) is 20.7 Å². The Balaban J connectivity index is 3.21. The van der Waals surface area contributed by atoms with Crippen LogP contribution in [0.25, 0.3) is 0 Å². The molecule has 0 fully saturated rings. The maximum Gasteiger partial charge on any atom is 0.309 e. The summed E-state index contributed by atoms with van der Waals surface area (Å²) in [7, 11) is 1.21. The predicted octanol–water partition coefficient (Wildman–Crippen LogP) is 2.97. The molecule has 0 aliphatic heterocycles. The van der Waals surface area contributed by atoms with Crippen molar-refractivity contribution in [2.24, 2.45) is 0 Å². The minimum absolute atomic E-state index is 0.0589. The van der Waals surface area contributed by atoms with Crippen LogP contribution in [-0.4, -0.2) is 13.1 Å². The number of nitrogens with zero attached hydrogens (tertiary/aromatic N) is 1. The molecule has 3 nitrogen and oxygen atoms in total. The van der Waals surface area contributed by atoms with Crippen LogP contribution in [-0.2, 0) is 16.0 Å². The van der Waals surface area contributed by atoms with Crippen molar-refractivity contribution >= 4 is 21.9 Å². The van der Waals surface area contributed by atoms with Crippen molar-refractivity contribution in [3.63, 3.8) is 0 Å². The Labute approximate surface area is 105 Å². The van der Waals surface area contributed by atoms with Crippen LogP contribution >= 0.6 is 15.9 Å². The van der Waals surface area contributed by atoms with E-state index in [1.165, 1.54) is 19.2 Å². The van der Waals surface area contributed by atoms with Crippen molar-refractivity contribution in [3.05, 3.63) is 33.3 Å². The summed E-state index contributed by atoms with van der Waals surface area (Å²) >= 11 is 2.94. The molecule has 0 aliphatic rings. The van der Waals surface area contributed by atoms with Gasteiger partial charge in [0.25, 0.3) is 6.43 Å². The zero-order chi connectivity index (χ0) is 13.0. The highest BCUT2D eigenvalue weighted by Gasteiger charge is 2.17. The van der Waals surface area contributed by atoms with Crippen LogP contribution in [0.5, 0.6) is 0 Å². The Kier molecular flexibility index (Phi) is 4.58. The maximum atomic E-state index is 12.7. The molecule has 0 unspecified atom stereocenters. The first-order valence-electron chi connectivity index (χ1n) is 4.57. The number of rotatable bonds is 3. The average Bonchev–Trinajstić information content (AvgIpc) is 2.30. The largest absolute Gasteiger partial charge is 0.469 e. The van der Waals surface area contributed by atoms with Crippen LogP contribution in [0.1, 0.15) is 23.1 Å². The lowest BCUT2D eigenvalue weighted by atomic mass is 10.0. The molecule has 0 atom stereocenters. The van der Waals surface area contributed by atoms with Gasteiger partial charge < -0.3 is 4.74 Å². The molecule has 90 valence electrons. The Bertz CT molecular complexity index is 483. The topological polar surface area (TPSA) is 50.1 Å². The molecule has 1 rings (SSSR count). The standard InChI is InChI=1S/C11H8BrF2NO2/c1-17-9(16)4-6-2-7(5-15)10(12)8(3-6)11(13)14/h2-3,11H,4H2,1H3. The second-order valence-corrected chi connectivity index (χ2v) is 4.00. The third kappa shape index (κ3) is 3.24. The van der Waals surface area contributed by atoms with E-state index in [4.69, 9.17) is 5.26 Å². The smallest absolute Gasteiger partial charge is 0.309 e. The van der Waals surface area contributed by atoms with E-state index in [1.54, 1.807) is 6.07 Å². The minimum Gasteiger partial charge on any atom is -0.469 e. The number of esters is 1. The number of carbonyl (C=O) groups excluding carboxylic acids is 1. The van der Waals surface area contributed by atoms with Gasteiger partial charge in [0.2, 0.25) is 0 Å². The summed E-state index contributed by atoms with van der Waals surface area (Å²) in [5.74, 6) is -0.545. The summed E-state index contributed by atoms with van der Waals surface area (Å²) in [5, 5.41) is 8.80. The molecule has 17 heavy (non-hydrogen) atoms. The average molecular weight is 304 g/mol. The van der Waals surface area contributed by atoms with Crippen molar-refractivity contribution in [1.82, 2.24) is 0 Å². The number of nitriles is 1. The second kappa shape index (κ2) is 5.73. The molecular weight excluding hydrogens is 296 g/mol. The summed E-state index contributed by atoms with van der Waals surface area (Å²) in [6, 6.07) is 4.36. The molecular formula is C11H8BrF2NO2. The Hall–Kier alpha value is -1.48. The van der Waals surface area contributed by atoms with Gasteiger partial charge >= 0.3 is 5.97 Å². The van der Waals surface area contributed by atoms with E-state index in [-0.39, 0.29) is 22.0 Å². The van der Waals surface area contributed by atoms with Gasteiger partial charge in [-0.15, -0.1) is 0 Å². The number of hydrogen-bond donors (Lipinski definition) is 0. The van der Waals surface area contributed by atoms with Gasteiger partial charge in [-0.3, -0.25) is 4.79 Å². The lowest BCUT2D eigenvalue weighted by Gasteiger charge is -2.08. The molecule has 1 aromatic rings. The predicted molar refractivity (Wildman–Crippen MR) is 59.5 cm³/mol. The highest BCUT2D eigenvalue weighted by molar-refractivity contribution is 9.10. The Morgan fingerprint density at radius 2 is 2.24 bits per heavy atom. The number of methoxy groups -OCH3 is 1. The monoisotopic (exact) mass is 303 g/mol. The fraction of sp³-hybridized carbons (Fsp3) is 0.273. The van der Waals surface area contributed by atoms with Crippen LogP contribution in [0.4, 0.5) is 8.78 Å². The van der Waals surface area contributed by atoms with Gasteiger partial charge in [0.1, 0.15) is 6.07 Å². The van der Waals surface area contributed by atoms with Crippen molar-refractivity contribution in [2.75, 3.05) is 7.11 Å². The lowest BCUT2D eigenvalue weighted by molar-refractivity contribution is -0.139. The first kappa shape index (κ1) is 13.6. The van der Waals surface area contributed by atoms with Gasteiger partial charge in [-0.25, -0.2) is 8.78 Å². The van der Waals surface area contributed by atoms with Crippen molar-refractivity contribution < 1.29 is 18.3 Å². The molecule has 0 spiro atoms. The number of ether oxygens (including phenoxy) is 1. The van der Waals surface area contributed by atoms with E-state index < -0.39 is 12.4 Å². The van der Waals surface area contributed by atoms with E-state index >= 15 is 0 Å². The lowest BCUT2D eigenvalue weighted by Crippen LogP contribution is -2.05. The van der Waals surface area contributed by atoms with Crippen molar-refractivity contribution in [3.8, 4) is 6.07 Å². The number of benzene rings is 1.